The zero-order chi connectivity index (χ0) is 13.3. The van der Waals surface area contributed by atoms with Gasteiger partial charge < -0.3 is 5.32 Å². The van der Waals surface area contributed by atoms with E-state index in [1.165, 1.54) is 0 Å². The van der Waals surface area contributed by atoms with Crippen LogP contribution in [-0.2, 0) is 0 Å². The molecular weight excluding hydrogens is 212 g/mol. The topological polar surface area (TPSA) is 50.7 Å². The second-order valence-corrected chi connectivity index (χ2v) is 6.50. The van der Waals surface area contributed by atoms with Crippen LogP contribution in [0.25, 0.3) is 0 Å². The van der Waals surface area contributed by atoms with Crippen LogP contribution in [0.1, 0.15) is 52.7 Å². The molecule has 1 N–H and O–H groups in total. The minimum absolute atomic E-state index is 0.0293. The normalized spacial score (nSPS) is 12.6. The Balaban J connectivity index is 2.82. The third-order valence-electron chi connectivity index (χ3n) is 2.28. The number of aryl methyl sites for hydroxylation is 2. The molecule has 0 amide bonds. The predicted molar refractivity (Wildman–Crippen MR) is 71.1 cm³/mol. The van der Waals surface area contributed by atoms with Gasteiger partial charge in [-0.25, -0.2) is 4.98 Å². The van der Waals surface area contributed by atoms with Crippen molar-refractivity contribution >= 4 is 5.95 Å². The highest BCUT2D eigenvalue weighted by atomic mass is 15.2. The Bertz CT molecular complexity index is 371. The molecule has 1 aromatic rings. The first-order chi connectivity index (χ1) is 7.57. The van der Waals surface area contributed by atoms with Crippen LogP contribution in [0.2, 0.25) is 0 Å². The first-order valence-electron chi connectivity index (χ1n) is 6.05. The van der Waals surface area contributed by atoms with Gasteiger partial charge in [0.25, 0.3) is 0 Å². The lowest BCUT2D eigenvalue weighted by atomic mass is 9.82. The second-order valence-electron chi connectivity index (χ2n) is 6.50. The van der Waals surface area contributed by atoms with Crippen LogP contribution in [0, 0.1) is 19.3 Å². The average Bonchev–Trinajstić information content (AvgIpc) is 1.93. The van der Waals surface area contributed by atoms with Crippen LogP contribution in [0.4, 0.5) is 5.95 Å². The van der Waals surface area contributed by atoms with Gasteiger partial charge >= 0.3 is 0 Å². The Morgan fingerprint density at radius 2 is 1.35 bits per heavy atom. The molecule has 0 unspecified atom stereocenters. The lowest BCUT2D eigenvalue weighted by Crippen LogP contribution is -2.36. The molecule has 0 aliphatic rings. The highest BCUT2D eigenvalue weighted by molar-refractivity contribution is 5.28. The maximum absolute atomic E-state index is 4.32. The first-order valence-corrected chi connectivity index (χ1v) is 6.05. The molecule has 0 bridgehead atoms. The summed E-state index contributed by atoms with van der Waals surface area (Å²) in [4.78, 5) is 12.8. The molecule has 4 heteroatoms. The van der Waals surface area contributed by atoms with Crippen molar-refractivity contribution in [3.8, 4) is 0 Å². The highest BCUT2D eigenvalue weighted by Gasteiger charge is 2.26. The fourth-order valence-corrected chi connectivity index (χ4v) is 2.34. The second kappa shape index (κ2) is 4.59. The average molecular weight is 236 g/mol. The predicted octanol–water partition coefficient (Wildman–Crippen LogP) is 3.12. The van der Waals surface area contributed by atoms with Crippen molar-refractivity contribution < 1.29 is 0 Å². The van der Waals surface area contributed by atoms with E-state index in [4.69, 9.17) is 0 Å². The van der Waals surface area contributed by atoms with Gasteiger partial charge in [-0.1, -0.05) is 20.8 Å². The number of nitrogens with zero attached hydrogens (tertiary/aromatic N) is 3. The van der Waals surface area contributed by atoms with Gasteiger partial charge in [0, 0.05) is 5.54 Å². The van der Waals surface area contributed by atoms with Gasteiger partial charge in [-0.15, -0.1) is 0 Å². The summed E-state index contributed by atoms with van der Waals surface area (Å²) in [6.07, 6.45) is 1.05. The lowest BCUT2D eigenvalue weighted by Gasteiger charge is -2.33. The number of nitrogens with one attached hydrogen (secondary N) is 1. The monoisotopic (exact) mass is 236 g/mol. The summed E-state index contributed by atoms with van der Waals surface area (Å²) in [5.74, 6) is 2.18. The van der Waals surface area contributed by atoms with Crippen molar-refractivity contribution in [2.24, 2.45) is 5.41 Å². The van der Waals surface area contributed by atoms with Crippen LogP contribution in [0.3, 0.4) is 0 Å². The molecule has 0 saturated heterocycles. The Hall–Kier alpha value is -1.19. The maximum atomic E-state index is 4.32. The van der Waals surface area contributed by atoms with Crippen LogP contribution in [0.5, 0.6) is 0 Å². The number of rotatable bonds is 3. The largest absolute Gasteiger partial charge is 0.349 e. The number of aromatic nitrogens is 3. The molecule has 1 aromatic heterocycles. The minimum atomic E-state index is -0.0293. The molecule has 0 atom stereocenters. The SMILES string of the molecule is Cc1nc(C)nc(NC(C)(C)CC(C)(C)C)n1. The van der Waals surface area contributed by atoms with Gasteiger partial charge in [0.15, 0.2) is 0 Å². The zero-order valence-electron chi connectivity index (χ0n) is 12.0. The molecule has 0 spiro atoms. The van der Waals surface area contributed by atoms with E-state index in [0.29, 0.717) is 5.95 Å². The standard InChI is InChI=1S/C13H24N4/c1-9-14-10(2)16-11(15-9)17-13(6,7)8-12(3,4)5/h8H2,1-7H3,(H,14,15,16,17). The van der Waals surface area contributed by atoms with E-state index in [-0.39, 0.29) is 11.0 Å². The summed E-state index contributed by atoms with van der Waals surface area (Å²) in [5.41, 5.74) is 0.242. The molecule has 17 heavy (non-hydrogen) atoms. The van der Waals surface area contributed by atoms with Crippen molar-refractivity contribution in [3.63, 3.8) is 0 Å². The Morgan fingerprint density at radius 1 is 0.882 bits per heavy atom. The van der Waals surface area contributed by atoms with Crippen molar-refractivity contribution in [2.75, 3.05) is 5.32 Å². The highest BCUT2D eigenvalue weighted by Crippen LogP contribution is 2.28. The van der Waals surface area contributed by atoms with E-state index in [0.717, 1.165) is 18.1 Å². The van der Waals surface area contributed by atoms with E-state index in [2.05, 4.69) is 54.9 Å². The molecule has 0 radical (unpaired) electrons. The summed E-state index contributed by atoms with van der Waals surface area (Å²) < 4.78 is 0. The van der Waals surface area contributed by atoms with Gasteiger partial charge in [0.1, 0.15) is 11.6 Å². The van der Waals surface area contributed by atoms with Gasteiger partial charge in [-0.2, -0.15) is 9.97 Å². The van der Waals surface area contributed by atoms with E-state index >= 15 is 0 Å². The van der Waals surface area contributed by atoms with Crippen molar-refractivity contribution in [2.45, 2.75) is 60.4 Å². The van der Waals surface area contributed by atoms with Crippen molar-refractivity contribution in [1.29, 1.82) is 0 Å². The lowest BCUT2D eigenvalue weighted by molar-refractivity contribution is 0.301. The maximum Gasteiger partial charge on any atom is 0.226 e. The summed E-state index contributed by atoms with van der Waals surface area (Å²) in [6, 6.07) is 0. The van der Waals surface area contributed by atoms with Crippen LogP contribution < -0.4 is 5.32 Å². The molecule has 4 nitrogen and oxygen atoms in total. The molecule has 1 heterocycles. The van der Waals surface area contributed by atoms with Gasteiger partial charge in [0.05, 0.1) is 0 Å². The Labute approximate surface area is 104 Å². The molecule has 96 valence electrons. The first kappa shape index (κ1) is 13.9. The Morgan fingerprint density at radius 3 is 1.76 bits per heavy atom. The summed E-state index contributed by atoms with van der Waals surface area (Å²) in [7, 11) is 0. The van der Waals surface area contributed by atoms with E-state index in [1.54, 1.807) is 0 Å². The fourth-order valence-electron chi connectivity index (χ4n) is 2.34. The Kier molecular flexibility index (Phi) is 3.74. The molecule has 0 fully saturated rings. The molecule has 0 saturated carbocycles. The smallest absolute Gasteiger partial charge is 0.226 e. The van der Waals surface area contributed by atoms with Crippen molar-refractivity contribution in [1.82, 2.24) is 15.0 Å². The van der Waals surface area contributed by atoms with Crippen molar-refractivity contribution in [3.05, 3.63) is 11.6 Å². The molecule has 1 rings (SSSR count). The molecule has 0 aromatic carbocycles. The number of hydrogen-bond donors (Lipinski definition) is 1. The van der Waals surface area contributed by atoms with Gasteiger partial charge in [-0.3, -0.25) is 0 Å². The molecule has 0 aliphatic heterocycles. The zero-order valence-corrected chi connectivity index (χ0v) is 12.0. The number of hydrogen-bond acceptors (Lipinski definition) is 4. The fraction of sp³-hybridized carbons (Fsp3) is 0.769. The van der Waals surface area contributed by atoms with Gasteiger partial charge in [-0.05, 0) is 39.5 Å². The summed E-state index contributed by atoms with van der Waals surface area (Å²) in [6.45, 7) is 14.8. The third-order valence-corrected chi connectivity index (χ3v) is 2.28. The molecule has 0 aliphatic carbocycles. The van der Waals surface area contributed by atoms with Crippen LogP contribution in [-0.4, -0.2) is 20.5 Å². The number of anilines is 1. The molecular formula is C13H24N4. The quantitative estimate of drug-likeness (QED) is 0.876. The minimum Gasteiger partial charge on any atom is -0.349 e. The van der Waals surface area contributed by atoms with Crippen LogP contribution in [0.15, 0.2) is 0 Å². The third kappa shape index (κ3) is 5.11. The summed E-state index contributed by atoms with van der Waals surface area (Å²) >= 11 is 0. The van der Waals surface area contributed by atoms with Gasteiger partial charge in [0.2, 0.25) is 5.95 Å². The van der Waals surface area contributed by atoms with Crippen LogP contribution >= 0.6 is 0 Å². The van der Waals surface area contributed by atoms with E-state index < -0.39 is 0 Å². The van der Waals surface area contributed by atoms with E-state index in [9.17, 15) is 0 Å². The van der Waals surface area contributed by atoms with E-state index in [1.807, 2.05) is 13.8 Å². The summed E-state index contributed by atoms with van der Waals surface area (Å²) in [5, 5.41) is 3.39.